The number of rotatable bonds is 5. The van der Waals surface area contributed by atoms with Crippen molar-refractivity contribution in [3.8, 4) is 5.69 Å². The lowest BCUT2D eigenvalue weighted by atomic mass is 9.95. The first-order valence-electron chi connectivity index (χ1n) is 10.0. The molecule has 6 nitrogen and oxygen atoms in total. The molecule has 4 rings (SSSR count). The highest BCUT2D eigenvalue weighted by atomic mass is 32.2. The third-order valence-electron chi connectivity index (χ3n) is 5.54. The third kappa shape index (κ3) is 3.77. The lowest BCUT2D eigenvalue weighted by Gasteiger charge is -2.18. The summed E-state index contributed by atoms with van der Waals surface area (Å²) in [6.07, 6.45) is 0.633. The SMILES string of the molecule is CC[C@H](C(=O)Nc1c2c(nn1-c1ccc(C)cc1C)CS(=O)(=O)C2)c1ccccc1. The minimum absolute atomic E-state index is 0.0982. The molecule has 0 spiro atoms. The van der Waals surface area contributed by atoms with E-state index in [2.05, 4.69) is 10.4 Å². The molecule has 0 aliphatic carbocycles. The molecular weight excluding hydrogens is 398 g/mol. The van der Waals surface area contributed by atoms with Crippen molar-refractivity contribution in [3.63, 3.8) is 0 Å². The zero-order valence-corrected chi connectivity index (χ0v) is 18.2. The van der Waals surface area contributed by atoms with Crippen molar-refractivity contribution < 1.29 is 13.2 Å². The minimum Gasteiger partial charge on any atom is -0.310 e. The number of nitrogens with one attached hydrogen (secondary N) is 1. The Balaban J connectivity index is 1.77. The normalized spacial score (nSPS) is 15.6. The molecule has 2 heterocycles. The van der Waals surface area contributed by atoms with E-state index in [-0.39, 0.29) is 23.3 Å². The number of hydrogen-bond donors (Lipinski definition) is 1. The Bertz CT molecular complexity index is 1210. The van der Waals surface area contributed by atoms with E-state index in [4.69, 9.17) is 0 Å². The van der Waals surface area contributed by atoms with E-state index in [1.807, 2.05) is 69.3 Å². The zero-order chi connectivity index (χ0) is 21.5. The van der Waals surface area contributed by atoms with Gasteiger partial charge in [0.1, 0.15) is 5.82 Å². The fourth-order valence-corrected chi connectivity index (χ4v) is 5.54. The maximum Gasteiger partial charge on any atom is 0.233 e. The molecule has 0 fully saturated rings. The van der Waals surface area contributed by atoms with E-state index < -0.39 is 9.84 Å². The van der Waals surface area contributed by atoms with Gasteiger partial charge in [0.05, 0.1) is 28.8 Å². The Labute approximate surface area is 176 Å². The van der Waals surface area contributed by atoms with Crippen LogP contribution in [0.2, 0.25) is 0 Å². The molecule has 0 radical (unpaired) electrons. The van der Waals surface area contributed by atoms with E-state index in [1.165, 1.54) is 0 Å². The van der Waals surface area contributed by atoms with Gasteiger partial charge in [0.15, 0.2) is 9.84 Å². The van der Waals surface area contributed by atoms with Crippen molar-refractivity contribution in [3.05, 3.63) is 76.5 Å². The largest absolute Gasteiger partial charge is 0.310 e. The van der Waals surface area contributed by atoms with Crippen LogP contribution in [0.5, 0.6) is 0 Å². The van der Waals surface area contributed by atoms with Crippen LogP contribution >= 0.6 is 0 Å². The van der Waals surface area contributed by atoms with Crippen molar-refractivity contribution in [2.24, 2.45) is 0 Å². The second-order valence-electron chi connectivity index (χ2n) is 7.87. The highest BCUT2D eigenvalue weighted by molar-refractivity contribution is 7.90. The highest BCUT2D eigenvalue weighted by Gasteiger charge is 2.34. The predicted molar refractivity (Wildman–Crippen MR) is 117 cm³/mol. The van der Waals surface area contributed by atoms with Crippen molar-refractivity contribution >= 4 is 21.6 Å². The van der Waals surface area contributed by atoms with Crippen LogP contribution < -0.4 is 5.32 Å². The predicted octanol–water partition coefficient (Wildman–Crippen LogP) is 4.05. The van der Waals surface area contributed by atoms with E-state index in [0.29, 0.717) is 23.5 Å². The molecule has 3 aromatic rings. The smallest absolute Gasteiger partial charge is 0.233 e. The van der Waals surface area contributed by atoms with Gasteiger partial charge in [-0.3, -0.25) is 4.79 Å². The van der Waals surface area contributed by atoms with Crippen molar-refractivity contribution in [1.29, 1.82) is 0 Å². The number of aryl methyl sites for hydroxylation is 2. The summed E-state index contributed by atoms with van der Waals surface area (Å²) in [4.78, 5) is 13.2. The summed E-state index contributed by atoms with van der Waals surface area (Å²) in [5, 5.41) is 7.60. The summed E-state index contributed by atoms with van der Waals surface area (Å²) in [5.41, 5.74) is 4.99. The Morgan fingerprint density at radius 3 is 2.53 bits per heavy atom. The standard InChI is InChI=1S/C23H25N3O3S/c1-4-18(17-8-6-5-7-9-17)23(27)24-22-19-13-30(28,29)14-20(19)25-26(22)21-11-10-15(2)12-16(21)3/h5-12,18H,4,13-14H2,1-3H3,(H,24,27)/t18-/m0/s1. The van der Waals surface area contributed by atoms with Crippen LogP contribution in [0.3, 0.4) is 0 Å². The Morgan fingerprint density at radius 2 is 1.87 bits per heavy atom. The first kappa shape index (κ1) is 20.3. The lowest BCUT2D eigenvalue weighted by molar-refractivity contribution is -0.117. The van der Waals surface area contributed by atoms with Gasteiger partial charge in [0, 0.05) is 5.56 Å². The van der Waals surface area contributed by atoms with Crippen molar-refractivity contribution in [2.75, 3.05) is 5.32 Å². The van der Waals surface area contributed by atoms with Gasteiger partial charge >= 0.3 is 0 Å². The maximum atomic E-state index is 13.2. The molecule has 0 unspecified atom stereocenters. The van der Waals surface area contributed by atoms with Crippen LogP contribution in [0.1, 0.15) is 47.2 Å². The third-order valence-corrected chi connectivity index (χ3v) is 6.98. The van der Waals surface area contributed by atoms with Gasteiger partial charge in [0.25, 0.3) is 0 Å². The molecule has 0 saturated carbocycles. The Hall–Kier alpha value is -2.93. The number of amides is 1. The molecular formula is C23H25N3O3S. The number of hydrogen-bond acceptors (Lipinski definition) is 4. The fraction of sp³-hybridized carbons (Fsp3) is 0.304. The van der Waals surface area contributed by atoms with Gasteiger partial charge in [-0.1, -0.05) is 55.0 Å². The van der Waals surface area contributed by atoms with E-state index >= 15 is 0 Å². The zero-order valence-electron chi connectivity index (χ0n) is 17.3. The number of fused-ring (bicyclic) bond motifs is 1. The Morgan fingerprint density at radius 1 is 1.13 bits per heavy atom. The van der Waals surface area contributed by atoms with Crippen LogP contribution in [0, 0.1) is 13.8 Å². The number of nitrogens with zero attached hydrogens (tertiary/aromatic N) is 2. The Kier molecular flexibility index (Phi) is 5.24. The summed E-state index contributed by atoms with van der Waals surface area (Å²) in [5.74, 6) is -0.245. The van der Waals surface area contributed by atoms with Gasteiger partial charge in [-0.05, 0) is 37.5 Å². The number of carbonyl (C=O) groups excluding carboxylic acids is 1. The lowest BCUT2D eigenvalue weighted by Crippen LogP contribution is -2.23. The van der Waals surface area contributed by atoms with Gasteiger partial charge < -0.3 is 5.32 Å². The first-order chi connectivity index (χ1) is 14.3. The van der Waals surface area contributed by atoms with Gasteiger partial charge in [-0.15, -0.1) is 0 Å². The van der Waals surface area contributed by atoms with Crippen LogP contribution in [-0.2, 0) is 26.1 Å². The number of aromatic nitrogens is 2. The molecule has 156 valence electrons. The fourth-order valence-electron chi connectivity index (χ4n) is 4.05. The maximum absolute atomic E-state index is 13.2. The van der Waals surface area contributed by atoms with Crippen LogP contribution in [0.4, 0.5) is 5.82 Å². The topological polar surface area (TPSA) is 81.1 Å². The highest BCUT2D eigenvalue weighted by Crippen LogP contribution is 2.34. The molecule has 1 aromatic heterocycles. The van der Waals surface area contributed by atoms with E-state index in [9.17, 15) is 13.2 Å². The van der Waals surface area contributed by atoms with Crippen LogP contribution in [-0.4, -0.2) is 24.1 Å². The molecule has 7 heteroatoms. The molecule has 2 aromatic carbocycles. The molecule has 0 saturated heterocycles. The van der Waals surface area contributed by atoms with Crippen LogP contribution in [0.15, 0.2) is 48.5 Å². The number of benzene rings is 2. The summed E-state index contributed by atoms with van der Waals surface area (Å²) in [6, 6.07) is 15.6. The number of carbonyl (C=O) groups is 1. The first-order valence-corrected chi connectivity index (χ1v) is 11.9. The van der Waals surface area contributed by atoms with Gasteiger partial charge in [-0.2, -0.15) is 5.10 Å². The molecule has 1 atom stereocenters. The summed E-state index contributed by atoms with van der Waals surface area (Å²) >= 11 is 0. The molecule has 1 amide bonds. The average Bonchev–Trinajstić information content (AvgIpc) is 3.16. The number of anilines is 1. The van der Waals surface area contributed by atoms with Gasteiger partial charge in [0.2, 0.25) is 5.91 Å². The molecule has 1 aliphatic rings. The summed E-state index contributed by atoms with van der Waals surface area (Å²) in [6.45, 7) is 5.96. The average molecular weight is 424 g/mol. The minimum atomic E-state index is -3.24. The van der Waals surface area contributed by atoms with E-state index in [0.717, 1.165) is 22.4 Å². The summed E-state index contributed by atoms with van der Waals surface area (Å²) < 4.78 is 26.1. The molecule has 30 heavy (non-hydrogen) atoms. The van der Waals surface area contributed by atoms with Gasteiger partial charge in [-0.25, -0.2) is 13.1 Å². The quantitative estimate of drug-likeness (QED) is 0.671. The van der Waals surface area contributed by atoms with E-state index in [1.54, 1.807) is 4.68 Å². The van der Waals surface area contributed by atoms with Crippen molar-refractivity contribution in [1.82, 2.24) is 9.78 Å². The molecule has 0 bridgehead atoms. The molecule has 1 aliphatic heterocycles. The number of sulfone groups is 1. The second-order valence-corrected chi connectivity index (χ2v) is 9.93. The van der Waals surface area contributed by atoms with Crippen molar-refractivity contribution in [2.45, 2.75) is 44.6 Å². The molecule has 1 N–H and O–H groups in total. The van der Waals surface area contributed by atoms with Crippen LogP contribution in [0.25, 0.3) is 5.69 Å². The summed E-state index contributed by atoms with van der Waals surface area (Å²) in [7, 11) is -3.24. The monoisotopic (exact) mass is 423 g/mol. The second kappa shape index (κ2) is 7.72.